The zero-order chi connectivity index (χ0) is 11.8. The Hall–Kier alpha value is -1.56. The molecule has 0 aliphatic carbocycles. The number of fused-ring (bicyclic) bond motifs is 1. The molecular weight excluding hydrogens is 282 g/mol. The fourth-order valence-corrected chi connectivity index (χ4v) is 2.40. The lowest BCUT2D eigenvalue weighted by atomic mass is 10.1. The molecule has 3 N–H and O–H groups in total. The van der Waals surface area contributed by atoms with Crippen molar-refractivity contribution in [3.05, 3.63) is 34.7 Å². The van der Waals surface area contributed by atoms with Gasteiger partial charge in [-0.1, -0.05) is 0 Å². The first-order valence-corrected chi connectivity index (χ1v) is 6.22. The van der Waals surface area contributed by atoms with E-state index in [1.165, 1.54) is 0 Å². The Bertz CT molecular complexity index is 589. The minimum absolute atomic E-state index is 0.178. The third kappa shape index (κ3) is 1.88. The highest BCUT2D eigenvalue weighted by molar-refractivity contribution is 9.10. The van der Waals surface area contributed by atoms with Crippen molar-refractivity contribution in [1.82, 2.24) is 14.7 Å². The first-order valence-electron chi connectivity index (χ1n) is 5.43. The van der Waals surface area contributed by atoms with Crippen molar-refractivity contribution >= 4 is 27.5 Å². The molecule has 0 bridgehead atoms. The summed E-state index contributed by atoms with van der Waals surface area (Å²) in [6.07, 6.45) is 4.83. The van der Waals surface area contributed by atoms with Crippen LogP contribution in [-0.2, 0) is 0 Å². The summed E-state index contributed by atoms with van der Waals surface area (Å²) in [5.41, 5.74) is 7.75. The van der Waals surface area contributed by atoms with Gasteiger partial charge >= 0.3 is 0 Å². The van der Waals surface area contributed by atoms with E-state index in [4.69, 9.17) is 5.73 Å². The highest BCUT2D eigenvalue weighted by Crippen LogP contribution is 2.22. The molecule has 2 aromatic rings. The van der Waals surface area contributed by atoms with Crippen LogP contribution in [0.2, 0.25) is 0 Å². The van der Waals surface area contributed by atoms with Crippen molar-refractivity contribution in [2.24, 2.45) is 10.7 Å². The van der Waals surface area contributed by atoms with Crippen molar-refractivity contribution in [3.8, 4) is 0 Å². The van der Waals surface area contributed by atoms with Crippen LogP contribution >= 0.6 is 15.9 Å². The number of hydrogen-bond donors (Lipinski definition) is 2. The molecule has 88 valence electrons. The Morgan fingerprint density at radius 3 is 3.18 bits per heavy atom. The Morgan fingerprint density at radius 2 is 2.35 bits per heavy atom. The summed E-state index contributed by atoms with van der Waals surface area (Å²) in [5.74, 6) is 0.506. The molecule has 1 unspecified atom stereocenters. The fourth-order valence-electron chi connectivity index (χ4n) is 2.06. The normalized spacial score (nSPS) is 20.1. The minimum atomic E-state index is 0.178. The molecule has 1 atom stereocenters. The number of imidazole rings is 1. The van der Waals surface area contributed by atoms with Gasteiger partial charge in [-0.15, -0.1) is 0 Å². The van der Waals surface area contributed by atoms with Crippen molar-refractivity contribution in [3.63, 3.8) is 0 Å². The van der Waals surface area contributed by atoms with E-state index in [1.807, 2.05) is 24.5 Å². The molecule has 0 fully saturated rings. The van der Waals surface area contributed by atoms with E-state index >= 15 is 0 Å². The number of guanidine groups is 1. The van der Waals surface area contributed by atoms with Crippen LogP contribution < -0.4 is 11.1 Å². The maximum atomic E-state index is 5.71. The first-order chi connectivity index (χ1) is 8.24. The summed E-state index contributed by atoms with van der Waals surface area (Å²) < 4.78 is 3.10. The lowest BCUT2D eigenvalue weighted by Crippen LogP contribution is -2.39. The van der Waals surface area contributed by atoms with Gasteiger partial charge in [0.05, 0.1) is 17.9 Å². The maximum absolute atomic E-state index is 5.71. The van der Waals surface area contributed by atoms with Crippen molar-refractivity contribution < 1.29 is 0 Å². The quantitative estimate of drug-likeness (QED) is 0.836. The van der Waals surface area contributed by atoms with Gasteiger partial charge in [-0.2, -0.15) is 0 Å². The Kier molecular flexibility index (Phi) is 2.51. The van der Waals surface area contributed by atoms with Gasteiger partial charge in [-0.25, -0.2) is 4.98 Å². The number of rotatable bonds is 1. The van der Waals surface area contributed by atoms with E-state index in [0.29, 0.717) is 5.96 Å². The van der Waals surface area contributed by atoms with Gasteiger partial charge in [0.2, 0.25) is 0 Å². The third-order valence-electron chi connectivity index (χ3n) is 2.88. The van der Waals surface area contributed by atoms with Gasteiger partial charge in [-0.3, -0.25) is 4.99 Å². The van der Waals surface area contributed by atoms with E-state index in [1.54, 1.807) is 0 Å². The van der Waals surface area contributed by atoms with Crippen LogP contribution in [0.4, 0.5) is 0 Å². The molecule has 17 heavy (non-hydrogen) atoms. The molecule has 1 aliphatic rings. The predicted molar refractivity (Wildman–Crippen MR) is 69.9 cm³/mol. The lowest BCUT2D eigenvalue weighted by molar-refractivity contribution is 0.551. The first kappa shape index (κ1) is 10.6. The lowest BCUT2D eigenvalue weighted by Gasteiger charge is -2.22. The van der Waals surface area contributed by atoms with Crippen molar-refractivity contribution in [2.45, 2.75) is 12.5 Å². The Balaban J connectivity index is 2.05. The number of halogens is 1. The number of nitrogens with one attached hydrogen (secondary N) is 1. The summed E-state index contributed by atoms with van der Waals surface area (Å²) in [4.78, 5) is 8.51. The van der Waals surface area contributed by atoms with E-state index in [-0.39, 0.29) is 6.04 Å². The van der Waals surface area contributed by atoms with Crippen LogP contribution in [0.15, 0.2) is 34.0 Å². The molecule has 5 nitrogen and oxygen atoms in total. The van der Waals surface area contributed by atoms with Crippen LogP contribution in [0.5, 0.6) is 0 Å². The van der Waals surface area contributed by atoms with Gasteiger partial charge in [0.15, 0.2) is 5.96 Å². The van der Waals surface area contributed by atoms with Gasteiger partial charge in [0.25, 0.3) is 0 Å². The summed E-state index contributed by atoms with van der Waals surface area (Å²) in [6.45, 7) is 0.755. The second kappa shape index (κ2) is 4.03. The van der Waals surface area contributed by atoms with Crippen molar-refractivity contribution in [2.75, 3.05) is 6.54 Å². The topological polar surface area (TPSA) is 67.7 Å². The number of aliphatic imine (C=N–C) groups is 1. The number of aromatic nitrogens is 2. The Labute approximate surface area is 107 Å². The molecule has 2 aromatic heterocycles. The summed E-state index contributed by atoms with van der Waals surface area (Å²) in [7, 11) is 0. The van der Waals surface area contributed by atoms with Crippen LogP contribution in [-0.4, -0.2) is 21.9 Å². The van der Waals surface area contributed by atoms with Gasteiger partial charge in [0, 0.05) is 17.2 Å². The van der Waals surface area contributed by atoms with E-state index in [2.05, 4.69) is 35.6 Å². The molecule has 3 rings (SSSR count). The SMILES string of the molecule is NC1=NCCC(c2cnc3ccc(Br)cn23)N1. The summed E-state index contributed by atoms with van der Waals surface area (Å²) in [5, 5.41) is 3.18. The van der Waals surface area contributed by atoms with E-state index < -0.39 is 0 Å². The molecule has 0 spiro atoms. The standard InChI is InChI=1S/C11H12BrN5/c12-7-1-2-10-15-5-9(17(10)6-7)8-3-4-14-11(13)16-8/h1-2,5-6,8H,3-4H2,(H3,13,14,16). The Morgan fingerprint density at radius 1 is 1.47 bits per heavy atom. The molecule has 0 radical (unpaired) electrons. The fraction of sp³-hybridized carbons (Fsp3) is 0.273. The van der Waals surface area contributed by atoms with Crippen LogP contribution in [0.25, 0.3) is 5.65 Å². The molecule has 1 aliphatic heterocycles. The predicted octanol–water partition coefficient (Wildman–Crippen LogP) is 1.45. The average Bonchev–Trinajstić information content (AvgIpc) is 2.71. The average molecular weight is 294 g/mol. The maximum Gasteiger partial charge on any atom is 0.189 e. The molecular formula is C11H12BrN5. The summed E-state index contributed by atoms with van der Waals surface area (Å²) >= 11 is 3.47. The van der Waals surface area contributed by atoms with E-state index in [9.17, 15) is 0 Å². The monoisotopic (exact) mass is 293 g/mol. The number of nitrogens with zero attached hydrogens (tertiary/aromatic N) is 3. The number of nitrogens with two attached hydrogens (primary N) is 1. The van der Waals surface area contributed by atoms with Gasteiger partial charge in [-0.05, 0) is 34.5 Å². The van der Waals surface area contributed by atoms with Crippen LogP contribution in [0.1, 0.15) is 18.2 Å². The zero-order valence-corrected chi connectivity index (χ0v) is 10.7. The molecule has 0 aromatic carbocycles. The largest absolute Gasteiger partial charge is 0.370 e. The second-order valence-electron chi connectivity index (χ2n) is 4.01. The highest BCUT2D eigenvalue weighted by atomic mass is 79.9. The third-order valence-corrected chi connectivity index (χ3v) is 3.35. The molecule has 0 amide bonds. The zero-order valence-electron chi connectivity index (χ0n) is 9.10. The van der Waals surface area contributed by atoms with E-state index in [0.717, 1.165) is 28.8 Å². The van der Waals surface area contributed by atoms with Crippen molar-refractivity contribution in [1.29, 1.82) is 0 Å². The number of pyridine rings is 1. The molecule has 0 saturated carbocycles. The van der Waals surface area contributed by atoms with Gasteiger partial charge in [0.1, 0.15) is 5.65 Å². The number of hydrogen-bond acceptors (Lipinski definition) is 4. The van der Waals surface area contributed by atoms with Gasteiger partial charge < -0.3 is 15.5 Å². The highest BCUT2D eigenvalue weighted by Gasteiger charge is 2.19. The second-order valence-corrected chi connectivity index (χ2v) is 4.93. The minimum Gasteiger partial charge on any atom is -0.370 e. The molecule has 6 heteroatoms. The summed E-state index contributed by atoms with van der Waals surface area (Å²) in [6, 6.07) is 4.14. The molecule has 0 saturated heterocycles. The smallest absolute Gasteiger partial charge is 0.189 e. The molecule has 3 heterocycles. The van der Waals surface area contributed by atoms with Crippen LogP contribution in [0.3, 0.4) is 0 Å². The van der Waals surface area contributed by atoms with Crippen LogP contribution in [0, 0.1) is 0 Å².